The Morgan fingerprint density at radius 3 is 2.14 bits per heavy atom. The lowest BCUT2D eigenvalue weighted by atomic mass is 9.94. The Bertz CT molecular complexity index is 369. The second kappa shape index (κ2) is 9.20. The van der Waals surface area contributed by atoms with Gasteiger partial charge in [-0.1, -0.05) is 13.8 Å². The minimum atomic E-state index is -0.876. The molecule has 0 aromatic heterocycles. The Balaban J connectivity index is 4.29. The summed E-state index contributed by atoms with van der Waals surface area (Å²) in [7, 11) is 3.23. The number of hydrogen-bond acceptors (Lipinski definition) is 3. The molecule has 0 rings (SSSR count). The summed E-state index contributed by atoms with van der Waals surface area (Å²) in [4.78, 5) is 35.5. The van der Waals surface area contributed by atoms with Gasteiger partial charge in [0.05, 0.1) is 0 Å². The molecule has 0 fully saturated rings. The molecular formula is C14H27N3O4. The van der Waals surface area contributed by atoms with Gasteiger partial charge >= 0.3 is 12.0 Å². The first-order valence-electron chi connectivity index (χ1n) is 7.10. The van der Waals surface area contributed by atoms with E-state index in [0.717, 1.165) is 6.42 Å². The molecule has 122 valence electrons. The van der Waals surface area contributed by atoms with Gasteiger partial charge in [0, 0.05) is 27.1 Å². The van der Waals surface area contributed by atoms with E-state index in [-0.39, 0.29) is 24.8 Å². The molecule has 7 heteroatoms. The molecule has 0 aliphatic rings. The molecule has 0 aromatic rings. The molecule has 3 N–H and O–H groups in total. The highest BCUT2D eigenvalue weighted by Crippen LogP contribution is 2.14. The van der Waals surface area contributed by atoms with Crippen molar-refractivity contribution in [1.29, 1.82) is 0 Å². The summed E-state index contributed by atoms with van der Waals surface area (Å²) in [5.74, 6) is -0.838. The fourth-order valence-corrected chi connectivity index (χ4v) is 2.09. The van der Waals surface area contributed by atoms with Crippen LogP contribution in [0, 0.1) is 11.8 Å². The van der Waals surface area contributed by atoms with Gasteiger partial charge in [0.1, 0.15) is 6.04 Å². The molecule has 0 aromatic carbocycles. The lowest BCUT2D eigenvalue weighted by Crippen LogP contribution is -2.48. The summed E-state index contributed by atoms with van der Waals surface area (Å²) in [6, 6.07) is -1.08. The molecule has 0 radical (unpaired) electrons. The van der Waals surface area contributed by atoms with Gasteiger partial charge in [-0.2, -0.15) is 0 Å². The van der Waals surface area contributed by atoms with Crippen LogP contribution >= 0.6 is 0 Å². The summed E-state index contributed by atoms with van der Waals surface area (Å²) >= 11 is 0. The Morgan fingerprint density at radius 1 is 1.14 bits per heavy atom. The average molecular weight is 301 g/mol. The number of nitrogens with one attached hydrogen (secondary N) is 2. The van der Waals surface area contributed by atoms with Crippen LogP contribution < -0.4 is 10.6 Å². The molecule has 0 spiro atoms. The molecule has 21 heavy (non-hydrogen) atoms. The fraction of sp³-hybridized carbons (Fsp3) is 0.786. The van der Waals surface area contributed by atoms with Crippen molar-refractivity contribution < 1.29 is 19.5 Å². The van der Waals surface area contributed by atoms with Crippen molar-refractivity contribution >= 4 is 17.9 Å². The first kappa shape index (κ1) is 19.2. The second-order valence-corrected chi connectivity index (χ2v) is 5.90. The van der Waals surface area contributed by atoms with Crippen molar-refractivity contribution in [2.45, 2.75) is 39.7 Å². The third-order valence-corrected chi connectivity index (χ3v) is 2.98. The first-order chi connectivity index (χ1) is 9.63. The topological polar surface area (TPSA) is 98.7 Å². The summed E-state index contributed by atoms with van der Waals surface area (Å²) in [5, 5.41) is 14.0. The van der Waals surface area contributed by atoms with Gasteiger partial charge in [0.25, 0.3) is 0 Å². The molecule has 0 aliphatic heterocycles. The SMILES string of the molecule is CC(C)C[C@H](CNC(=O)NC(C)C(=O)N(C)C)CC(=O)O. The second-order valence-electron chi connectivity index (χ2n) is 5.90. The highest BCUT2D eigenvalue weighted by Gasteiger charge is 2.19. The molecule has 3 amide bonds. The Hall–Kier alpha value is -1.79. The number of aliphatic carboxylic acids is 1. The zero-order chi connectivity index (χ0) is 16.6. The van der Waals surface area contributed by atoms with E-state index in [0.29, 0.717) is 5.92 Å². The van der Waals surface area contributed by atoms with Crippen molar-refractivity contribution in [3.8, 4) is 0 Å². The Labute approximate surface area is 126 Å². The van der Waals surface area contributed by atoms with E-state index in [1.54, 1.807) is 21.0 Å². The quantitative estimate of drug-likeness (QED) is 0.620. The summed E-state index contributed by atoms with van der Waals surface area (Å²) in [6.45, 7) is 5.89. The van der Waals surface area contributed by atoms with Gasteiger partial charge in [0.15, 0.2) is 0 Å². The minimum Gasteiger partial charge on any atom is -0.481 e. The van der Waals surface area contributed by atoms with Gasteiger partial charge in [0.2, 0.25) is 5.91 Å². The van der Waals surface area contributed by atoms with E-state index in [9.17, 15) is 14.4 Å². The molecular weight excluding hydrogens is 274 g/mol. The van der Waals surface area contributed by atoms with E-state index < -0.39 is 18.0 Å². The highest BCUT2D eigenvalue weighted by molar-refractivity contribution is 5.86. The zero-order valence-electron chi connectivity index (χ0n) is 13.5. The number of likely N-dealkylation sites (N-methyl/N-ethyl adjacent to an activating group) is 1. The van der Waals surface area contributed by atoms with Gasteiger partial charge < -0.3 is 20.6 Å². The molecule has 0 heterocycles. The van der Waals surface area contributed by atoms with E-state index in [1.807, 2.05) is 13.8 Å². The number of carbonyl (C=O) groups is 3. The van der Waals surface area contributed by atoms with Crippen LogP contribution in [0.1, 0.15) is 33.6 Å². The molecule has 0 aliphatic carbocycles. The third kappa shape index (κ3) is 8.88. The predicted octanol–water partition coefficient (Wildman–Crippen LogP) is 0.899. The third-order valence-electron chi connectivity index (χ3n) is 2.98. The number of amides is 3. The molecule has 1 unspecified atom stereocenters. The smallest absolute Gasteiger partial charge is 0.315 e. The normalized spacial score (nSPS) is 13.4. The number of rotatable bonds is 8. The molecule has 0 bridgehead atoms. The molecule has 0 saturated carbocycles. The molecule has 7 nitrogen and oxygen atoms in total. The van der Waals surface area contributed by atoms with Crippen molar-refractivity contribution in [2.24, 2.45) is 11.8 Å². The molecule has 0 saturated heterocycles. The van der Waals surface area contributed by atoms with E-state index in [4.69, 9.17) is 5.11 Å². The van der Waals surface area contributed by atoms with E-state index in [1.165, 1.54) is 4.90 Å². The lowest BCUT2D eigenvalue weighted by Gasteiger charge is -2.20. The number of nitrogens with zero attached hydrogens (tertiary/aromatic N) is 1. The van der Waals surface area contributed by atoms with Crippen molar-refractivity contribution in [1.82, 2.24) is 15.5 Å². The maximum atomic E-state index is 11.7. The Kier molecular flexibility index (Phi) is 8.42. The van der Waals surface area contributed by atoms with Crippen LogP contribution in [0.4, 0.5) is 4.79 Å². The van der Waals surface area contributed by atoms with Crippen molar-refractivity contribution in [3.63, 3.8) is 0 Å². The van der Waals surface area contributed by atoms with Crippen LogP contribution in [-0.2, 0) is 9.59 Å². The zero-order valence-corrected chi connectivity index (χ0v) is 13.5. The van der Waals surface area contributed by atoms with Crippen molar-refractivity contribution in [2.75, 3.05) is 20.6 Å². The van der Waals surface area contributed by atoms with E-state index in [2.05, 4.69) is 10.6 Å². The monoisotopic (exact) mass is 301 g/mol. The van der Waals surface area contributed by atoms with Crippen molar-refractivity contribution in [3.05, 3.63) is 0 Å². The summed E-state index contributed by atoms with van der Waals surface area (Å²) in [6.07, 6.45) is 0.739. The maximum Gasteiger partial charge on any atom is 0.315 e. The maximum absolute atomic E-state index is 11.7. The number of urea groups is 1. The van der Waals surface area contributed by atoms with Crippen LogP contribution in [0.25, 0.3) is 0 Å². The summed E-state index contributed by atoms with van der Waals surface area (Å²) < 4.78 is 0. The number of carbonyl (C=O) groups excluding carboxylic acids is 2. The van der Waals surface area contributed by atoms with Gasteiger partial charge in [-0.05, 0) is 25.2 Å². The van der Waals surface area contributed by atoms with Crippen LogP contribution in [0.3, 0.4) is 0 Å². The van der Waals surface area contributed by atoms with Gasteiger partial charge in [-0.25, -0.2) is 4.79 Å². The highest BCUT2D eigenvalue weighted by atomic mass is 16.4. The van der Waals surface area contributed by atoms with Crippen LogP contribution in [-0.4, -0.2) is 54.6 Å². The van der Waals surface area contributed by atoms with E-state index >= 15 is 0 Å². The average Bonchev–Trinajstić information content (AvgIpc) is 2.33. The lowest BCUT2D eigenvalue weighted by molar-refractivity contribution is -0.138. The number of carboxylic acids is 1. The summed E-state index contributed by atoms with van der Waals surface area (Å²) in [5.41, 5.74) is 0. The van der Waals surface area contributed by atoms with Crippen LogP contribution in [0.15, 0.2) is 0 Å². The van der Waals surface area contributed by atoms with Crippen LogP contribution in [0.5, 0.6) is 0 Å². The number of hydrogen-bond donors (Lipinski definition) is 3. The largest absolute Gasteiger partial charge is 0.481 e. The standard InChI is InChI=1S/C14H27N3O4/c1-9(2)6-11(7-12(18)19)8-15-14(21)16-10(3)13(20)17(4)5/h9-11H,6-8H2,1-5H3,(H,18,19)(H2,15,16,21)/t10?,11-/m0/s1. The molecule has 2 atom stereocenters. The van der Waals surface area contributed by atoms with Gasteiger partial charge in [-0.15, -0.1) is 0 Å². The number of carboxylic acid groups (broad SMARTS) is 1. The van der Waals surface area contributed by atoms with Crippen LogP contribution in [0.2, 0.25) is 0 Å². The first-order valence-corrected chi connectivity index (χ1v) is 7.10. The fourth-order valence-electron chi connectivity index (χ4n) is 2.09. The Morgan fingerprint density at radius 2 is 1.71 bits per heavy atom. The predicted molar refractivity (Wildman–Crippen MR) is 79.9 cm³/mol. The minimum absolute atomic E-state index is 0.0185. The van der Waals surface area contributed by atoms with Gasteiger partial charge in [-0.3, -0.25) is 9.59 Å².